The summed E-state index contributed by atoms with van der Waals surface area (Å²) in [7, 11) is -3.78. The van der Waals surface area contributed by atoms with E-state index in [2.05, 4.69) is 20.3 Å². The number of amides is 1. The highest BCUT2D eigenvalue weighted by Gasteiger charge is 2.46. The van der Waals surface area contributed by atoms with Crippen LogP contribution in [0.5, 0.6) is 0 Å². The lowest BCUT2D eigenvalue weighted by atomic mass is 9.87. The van der Waals surface area contributed by atoms with Gasteiger partial charge in [0.25, 0.3) is 5.91 Å². The van der Waals surface area contributed by atoms with Crippen molar-refractivity contribution in [3.8, 4) is 22.4 Å². The first-order valence-electron chi connectivity index (χ1n) is 13.8. The fourth-order valence-corrected chi connectivity index (χ4v) is 7.60. The highest BCUT2D eigenvalue weighted by molar-refractivity contribution is 7.91. The number of nitrogen functional groups attached to an aromatic ring is 2. The molecule has 5 N–H and O–H groups in total. The highest BCUT2D eigenvalue weighted by Crippen LogP contribution is 2.45. The van der Waals surface area contributed by atoms with Crippen LogP contribution < -0.4 is 11.5 Å². The summed E-state index contributed by atoms with van der Waals surface area (Å²) in [6.07, 6.45) is 7.05. The van der Waals surface area contributed by atoms with Gasteiger partial charge in [-0.1, -0.05) is 6.07 Å². The second-order valence-corrected chi connectivity index (χ2v) is 13.1. The number of nitrogens with zero attached hydrogens (tertiary/aromatic N) is 6. The van der Waals surface area contributed by atoms with Crippen LogP contribution in [0, 0.1) is 5.82 Å². The molecule has 1 amide bonds. The van der Waals surface area contributed by atoms with Gasteiger partial charge in [-0.15, -0.1) is 0 Å². The van der Waals surface area contributed by atoms with Crippen LogP contribution >= 0.6 is 0 Å². The zero-order valence-electron chi connectivity index (χ0n) is 23.1. The zero-order chi connectivity index (χ0) is 30.0. The minimum absolute atomic E-state index is 0.0107. The van der Waals surface area contributed by atoms with Crippen LogP contribution in [0.2, 0.25) is 0 Å². The minimum Gasteiger partial charge on any atom is -0.382 e. The van der Waals surface area contributed by atoms with Gasteiger partial charge < -0.3 is 16.4 Å². The molecule has 2 fully saturated rings. The molecule has 3 atom stereocenters. The van der Waals surface area contributed by atoms with E-state index in [9.17, 15) is 17.6 Å². The van der Waals surface area contributed by atoms with Gasteiger partial charge in [0.05, 0.1) is 17.6 Å². The number of carbonyl (C=O) groups is 1. The number of pyridine rings is 1. The number of nitrogens with one attached hydrogen (secondary N) is 1. The number of halogens is 1. The Morgan fingerprint density at radius 3 is 2.33 bits per heavy atom. The van der Waals surface area contributed by atoms with Gasteiger partial charge in [-0.2, -0.15) is 14.7 Å². The number of fused-ring (bicyclic) bond motifs is 3. The van der Waals surface area contributed by atoms with E-state index < -0.39 is 9.84 Å². The number of nitrogens with two attached hydrogens (primary N) is 2. The monoisotopic (exact) mass is 601 g/mol. The van der Waals surface area contributed by atoms with Crippen molar-refractivity contribution in [1.82, 2.24) is 34.7 Å². The second kappa shape index (κ2) is 9.87. The molecule has 220 valence electrons. The molecule has 5 aromatic rings. The second-order valence-electron chi connectivity index (χ2n) is 11.2. The number of sulfone groups is 1. The van der Waals surface area contributed by atoms with E-state index in [1.807, 2.05) is 17.0 Å². The molecule has 0 radical (unpaired) electrons. The number of aromatic nitrogens is 6. The van der Waals surface area contributed by atoms with Gasteiger partial charge in [0.1, 0.15) is 28.0 Å². The summed E-state index contributed by atoms with van der Waals surface area (Å²) in [4.78, 5) is 24.6. The third-order valence-corrected chi connectivity index (χ3v) is 9.59. The molecule has 12 nitrogen and oxygen atoms in total. The average Bonchev–Trinajstić information content (AvgIpc) is 3.68. The first-order chi connectivity index (χ1) is 20.6. The Labute approximate surface area is 245 Å². The maximum atomic E-state index is 13.4. The number of aromatic amines is 1. The molecule has 0 spiro atoms. The molecule has 2 aliphatic rings. The number of anilines is 2. The molecule has 2 bridgehead atoms. The van der Waals surface area contributed by atoms with Gasteiger partial charge in [0.2, 0.25) is 0 Å². The molecule has 14 heteroatoms. The largest absolute Gasteiger partial charge is 0.382 e. The standard InChI is InChI=1S/C29H28FN9O3S/c1-43(41,42)26-25(17-10-19-7-8-20(11-17)38(19)29(40)23-12-24(31)37-36-23)35-28-21(14-34-39(28)27(26)32)16-4-9-22(33-13-16)15-2-5-18(30)6-3-15/h2-6,9,12-14,17,19-20H,7-8,10-11,32H2,1H3,(H3,31,36,37)/t17?,19-,20+. The summed E-state index contributed by atoms with van der Waals surface area (Å²) in [6, 6.07) is 11.1. The first-order valence-corrected chi connectivity index (χ1v) is 15.7. The molecule has 2 aliphatic heterocycles. The van der Waals surface area contributed by atoms with Crippen molar-refractivity contribution in [3.63, 3.8) is 0 Å². The maximum Gasteiger partial charge on any atom is 0.272 e. The lowest BCUT2D eigenvalue weighted by Crippen LogP contribution is -2.46. The van der Waals surface area contributed by atoms with E-state index in [0.29, 0.717) is 46.7 Å². The van der Waals surface area contributed by atoms with Crippen molar-refractivity contribution in [2.75, 3.05) is 17.7 Å². The summed E-state index contributed by atoms with van der Waals surface area (Å²) in [6.45, 7) is 0. The number of hydrogen-bond donors (Lipinski definition) is 3. The van der Waals surface area contributed by atoms with Gasteiger partial charge >= 0.3 is 0 Å². The number of benzene rings is 1. The van der Waals surface area contributed by atoms with Crippen LogP contribution in [-0.2, 0) is 9.84 Å². The van der Waals surface area contributed by atoms with Crippen molar-refractivity contribution < 1.29 is 17.6 Å². The Morgan fingerprint density at radius 1 is 1.02 bits per heavy atom. The molecule has 2 saturated heterocycles. The van der Waals surface area contributed by atoms with Crippen LogP contribution in [0.4, 0.5) is 16.0 Å². The Morgan fingerprint density at radius 2 is 1.72 bits per heavy atom. The summed E-state index contributed by atoms with van der Waals surface area (Å²) >= 11 is 0. The Bertz CT molecular complexity index is 1970. The molecule has 6 heterocycles. The fourth-order valence-electron chi connectivity index (χ4n) is 6.54. The minimum atomic E-state index is -3.78. The number of hydrogen-bond acceptors (Lipinski definition) is 9. The van der Waals surface area contributed by atoms with E-state index in [4.69, 9.17) is 16.5 Å². The van der Waals surface area contributed by atoms with Crippen LogP contribution in [0.25, 0.3) is 28.0 Å². The lowest BCUT2D eigenvalue weighted by Gasteiger charge is -2.39. The molecule has 43 heavy (non-hydrogen) atoms. The summed E-state index contributed by atoms with van der Waals surface area (Å²) in [5.74, 6) is -0.507. The molecule has 1 aromatic carbocycles. The highest BCUT2D eigenvalue weighted by atomic mass is 32.2. The van der Waals surface area contributed by atoms with Crippen molar-refractivity contribution in [2.45, 2.75) is 48.6 Å². The van der Waals surface area contributed by atoms with Crippen molar-refractivity contribution in [1.29, 1.82) is 0 Å². The van der Waals surface area contributed by atoms with Gasteiger partial charge in [-0.05, 0) is 56.0 Å². The van der Waals surface area contributed by atoms with E-state index in [0.717, 1.165) is 24.7 Å². The molecular weight excluding hydrogens is 573 g/mol. The quantitative estimate of drug-likeness (QED) is 0.272. The first kappa shape index (κ1) is 27.0. The van der Waals surface area contributed by atoms with E-state index in [1.54, 1.807) is 24.5 Å². The van der Waals surface area contributed by atoms with Crippen LogP contribution in [0.3, 0.4) is 0 Å². The van der Waals surface area contributed by atoms with E-state index in [-0.39, 0.29) is 46.3 Å². The van der Waals surface area contributed by atoms with Crippen molar-refractivity contribution in [3.05, 3.63) is 72.1 Å². The number of piperidine rings is 1. The van der Waals surface area contributed by atoms with Gasteiger partial charge in [0, 0.05) is 53.2 Å². The molecule has 0 saturated carbocycles. The lowest BCUT2D eigenvalue weighted by molar-refractivity contribution is 0.0562. The zero-order valence-corrected chi connectivity index (χ0v) is 23.9. The van der Waals surface area contributed by atoms with Gasteiger partial charge in [-0.25, -0.2) is 17.8 Å². The number of carbonyl (C=O) groups excluding carboxylic acids is 1. The SMILES string of the molecule is CS(=O)(=O)c1c(C2C[C@H]3CC[C@@H](C2)N3C(=O)c2cc(N)n[nH]2)nc2c(-c3ccc(-c4ccc(F)cc4)nc3)cnn2c1N. The van der Waals surface area contributed by atoms with E-state index in [1.165, 1.54) is 22.7 Å². The summed E-state index contributed by atoms with van der Waals surface area (Å²) < 4.78 is 40.9. The molecule has 0 aliphatic carbocycles. The molecule has 7 rings (SSSR count). The topological polar surface area (TPSA) is 178 Å². The predicted octanol–water partition coefficient (Wildman–Crippen LogP) is 3.44. The van der Waals surface area contributed by atoms with Crippen molar-refractivity contribution in [2.24, 2.45) is 0 Å². The van der Waals surface area contributed by atoms with Crippen LogP contribution in [0.15, 0.2) is 59.8 Å². The Balaban J connectivity index is 1.27. The van der Waals surface area contributed by atoms with Gasteiger partial charge in [0.15, 0.2) is 15.5 Å². The van der Waals surface area contributed by atoms with Crippen LogP contribution in [-0.4, -0.2) is 67.3 Å². The molecule has 1 unspecified atom stereocenters. The smallest absolute Gasteiger partial charge is 0.272 e. The molecule has 4 aromatic heterocycles. The van der Waals surface area contributed by atoms with E-state index >= 15 is 0 Å². The van der Waals surface area contributed by atoms with Crippen LogP contribution in [0.1, 0.15) is 47.8 Å². The average molecular weight is 602 g/mol. The summed E-state index contributed by atoms with van der Waals surface area (Å²) in [5, 5.41) is 11.0. The third kappa shape index (κ3) is 4.58. The number of rotatable bonds is 5. The Hall–Kier alpha value is -4.85. The maximum absolute atomic E-state index is 13.4. The van der Waals surface area contributed by atoms with Gasteiger partial charge in [-0.3, -0.25) is 14.9 Å². The normalized spacial score (nSPS) is 20.1. The third-order valence-electron chi connectivity index (χ3n) is 8.43. The number of H-pyrrole nitrogens is 1. The predicted molar refractivity (Wildman–Crippen MR) is 157 cm³/mol. The summed E-state index contributed by atoms with van der Waals surface area (Å²) in [5.41, 5.74) is 16.1. The Kier molecular flexibility index (Phi) is 6.20. The fraction of sp³-hybridized carbons (Fsp3) is 0.276. The molecular formula is C29H28FN9O3S. The van der Waals surface area contributed by atoms with Crippen molar-refractivity contribution >= 4 is 33.0 Å².